The summed E-state index contributed by atoms with van der Waals surface area (Å²) in [6.45, 7) is 13.9. The first-order valence-electron chi connectivity index (χ1n) is 27.2. The Kier molecular flexibility index (Phi) is 29.5. The number of unbranched alkanes of at least 4 members (excludes halogenated alkanes) is 25. The molecule has 3 rings (SSSR count). The smallest absolute Gasteiger partial charge is 0.211 e. The van der Waals surface area contributed by atoms with Crippen LogP contribution in [0.15, 0.2) is 47.5 Å². The maximum absolute atomic E-state index is 12.9. The molecule has 0 amide bonds. The van der Waals surface area contributed by atoms with E-state index in [1.54, 1.807) is 4.70 Å². The van der Waals surface area contributed by atoms with E-state index in [9.17, 15) is 5.53 Å². The molecule has 2 aromatic carbocycles. The molecule has 0 aliphatic carbocycles. The lowest BCUT2D eigenvalue weighted by molar-refractivity contribution is -0.345. The summed E-state index contributed by atoms with van der Waals surface area (Å²) in [5, 5.41) is 0. The summed E-state index contributed by atoms with van der Waals surface area (Å²) in [6.07, 6.45) is 47.3. The van der Waals surface area contributed by atoms with Crippen LogP contribution in [-0.4, -0.2) is 4.70 Å². The summed E-state index contributed by atoms with van der Waals surface area (Å²) in [5.74, 6) is 0. The van der Waals surface area contributed by atoms with Gasteiger partial charge in [-0.15, -0.1) is 0 Å². The lowest BCUT2D eigenvalue weighted by Gasteiger charge is -2.15. The van der Waals surface area contributed by atoms with Gasteiger partial charge in [-0.3, -0.25) is 0 Å². The van der Waals surface area contributed by atoms with E-state index in [-0.39, 0.29) is 0 Å². The van der Waals surface area contributed by atoms with Gasteiger partial charge in [-0.05, 0) is 124 Å². The SMILES string of the molecule is CCCCCCCCCCCCCCCC1=C(c2cc(CCCC)cc(CCCCCC)c2)[N+](=[N-])C(c2cc(CCCC)cc(CCCCCC)c2)=C1CCCCCCCC. The molecule has 0 atom stereocenters. The van der Waals surface area contributed by atoms with E-state index >= 15 is 0 Å². The molecule has 0 bridgehead atoms. The van der Waals surface area contributed by atoms with E-state index in [0.29, 0.717) is 0 Å². The van der Waals surface area contributed by atoms with Crippen molar-refractivity contribution in [1.29, 1.82) is 0 Å². The van der Waals surface area contributed by atoms with E-state index in [1.165, 1.54) is 244 Å². The highest BCUT2D eigenvalue weighted by molar-refractivity contribution is 5.82. The molecular formula is C59H98N2. The number of nitrogens with zero attached hydrogens (tertiary/aromatic N) is 2. The summed E-state index contributed by atoms with van der Waals surface area (Å²) in [4.78, 5) is 0. The number of hydrogen-bond acceptors (Lipinski definition) is 0. The molecule has 2 aromatic rings. The molecule has 0 radical (unpaired) electrons. The Hall–Kier alpha value is -2.48. The maximum Gasteiger partial charge on any atom is 0.211 e. The minimum Gasteiger partial charge on any atom is -0.493 e. The summed E-state index contributed by atoms with van der Waals surface area (Å²) in [6, 6.07) is 14.9. The van der Waals surface area contributed by atoms with Crippen LogP contribution in [-0.2, 0) is 25.7 Å². The molecular weight excluding hydrogens is 737 g/mol. The number of hydrogen-bond donors (Lipinski definition) is 0. The minimum absolute atomic E-state index is 1.06. The van der Waals surface area contributed by atoms with Crippen LogP contribution < -0.4 is 0 Å². The molecule has 2 nitrogen and oxygen atoms in total. The van der Waals surface area contributed by atoms with Crippen LogP contribution in [0.4, 0.5) is 0 Å². The van der Waals surface area contributed by atoms with Crippen molar-refractivity contribution in [3.63, 3.8) is 0 Å². The van der Waals surface area contributed by atoms with E-state index in [0.717, 1.165) is 49.9 Å². The van der Waals surface area contributed by atoms with Gasteiger partial charge in [0.2, 0.25) is 11.4 Å². The molecule has 344 valence electrons. The third-order valence-corrected chi connectivity index (χ3v) is 13.6. The van der Waals surface area contributed by atoms with E-state index in [1.807, 2.05) is 0 Å². The van der Waals surface area contributed by atoms with Crippen molar-refractivity contribution in [1.82, 2.24) is 0 Å². The quantitative estimate of drug-likeness (QED) is 0.0474. The molecule has 0 unspecified atom stereocenters. The highest BCUT2D eigenvalue weighted by atomic mass is 15.2. The zero-order valence-corrected chi connectivity index (χ0v) is 41.5. The fourth-order valence-electron chi connectivity index (χ4n) is 9.84. The van der Waals surface area contributed by atoms with Crippen LogP contribution in [0.2, 0.25) is 0 Å². The molecule has 0 fully saturated rings. The fourth-order valence-corrected chi connectivity index (χ4v) is 9.84. The first-order chi connectivity index (χ1) is 30.0. The second-order valence-electron chi connectivity index (χ2n) is 19.4. The van der Waals surface area contributed by atoms with Gasteiger partial charge >= 0.3 is 0 Å². The van der Waals surface area contributed by atoms with Crippen LogP contribution >= 0.6 is 0 Å². The van der Waals surface area contributed by atoms with Crippen LogP contribution in [0.25, 0.3) is 16.9 Å². The Morgan fingerprint density at radius 1 is 0.279 bits per heavy atom. The Bertz CT molecular complexity index is 1520. The molecule has 0 spiro atoms. The Balaban J connectivity index is 2.03. The van der Waals surface area contributed by atoms with Gasteiger partial charge in [0.15, 0.2) is 0 Å². The second kappa shape index (κ2) is 34.0. The normalized spacial score (nSPS) is 13.1. The van der Waals surface area contributed by atoms with E-state index in [2.05, 4.69) is 77.9 Å². The summed E-state index contributed by atoms with van der Waals surface area (Å²) in [5.41, 5.74) is 26.3. The zero-order chi connectivity index (χ0) is 43.8. The van der Waals surface area contributed by atoms with Crippen molar-refractivity contribution in [2.24, 2.45) is 0 Å². The van der Waals surface area contributed by atoms with Crippen LogP contribution in [0.1, 0.15) is 287 Å². The number of benzene rings is 2. The highest BCUT2D eigenvalue weighted by Crippen LogP contribution is 2.45. The van der Waals surface area contributed by atoms with E-state index < -0.39 is 0 Å². The van der Waals surface area contributed by atoms with Gasteiger partial charge in [0.05, 0.1) is 0 Å². The number of allylic oxidation sites excluding steroid dienone is 2. The van der Waals surface area contributed by atoms with Gasteiger partial charge in [-0.25, -0.2) is 4.70 Å². The summed E-state index contributed by atoms with van der Waals surface area (Å²) >= 11 is 0. The van der Waals surface area contributed by atoms with Gasteiger partial charge < -0.3 is 5.53 Å². The van der Waals surface area contributed by atoms with Crippen LogP contribution in [0, 0.1) is 0 Å². The Morgan fingerprint density at radius 2 is 0.508 bits per heavy atom. The number of aryl methyl sites for hydroxylation is 4. The molecule has 0 aromatic heterocycles. The lowest BCUT2D eigenvalue weighted by atomic mass is 9.89. The Morgan fingerprint density at radius 3 is 0.803 bits per heavy atom. The molecule has 1 heterocycles. The van der Waals surface area contributed by atoms with Crippen molar-refractivity contribution >= 4 is 11.4 Å². The first-order valence-corrected chi connectivity index (χ1v) is 27.2. The Labute approximate surface area is 380 Å². The van der Waals surface area contributed by atoms with Gasteiger partial charge in [-0.2, -0.15) is 0 Å². The number of rotatable bonds is 39. The van der Waals surface area contributed by atoms with Crippen molar-refractivity contribution in [3.05, 3.63) is 86.5 Å². The standard InChI is InChI=1S/C59H98N2/c1-7-13-19-23-25-26-27-28-29-30-31-33-37-43-57-56(42-36-32-24-20-14-8-2)58(54-46-50(38-17-11-5)44-52(48-54)40-34-21-15-9-3)61(60)59(57)55-47-51(39-18-12-6)45-53(49-55)41-35-22-16-10-4/h44-49H,7-43H2,1-6H3. The van der Waals surface area contributed by atoms with Crippen molar-refractivity contribution in [2.45, 2.75) is 279 Å². The average molecular weight is 835 g/mol. The van der Waals surface area contributed by atoms with Gasteiger partial charge in [0, 0.05) is 22.3 Å². The highest BCUT2D eigenvalue weighted by Gasteiger charge is 2.36. The van der Waals surface area contributed by atoms with Crippen LogP contribution in [0.5, 0.6) is 0 Å². The minimum atomic E-state index is 1.06. The monoisotopic (exact) mass is 835 g/mol. The fraction of sp³-hybridized carbons (Fsp3) is 0.729. The van der Waals surface area contributed by atoms with Crippen molar-refractivity contribution in [2.75, 3.05) is 0 Å². The van der Waals surface area contributed by atoms with Gasteiger partial charge in [0.25, 0.3) is 0 Å². The second-order valence-corrected chi connectivity index (χ2v) is 19.4. The van der Waals surface area contributed by atoms with Crippen molar-refractivity contribution in [3.8, 4) is 0 Å². The predicted octanol–water partition coefficient (Wildman–Crippen LogP) is 20.0. The van der Waals surface area contributed by atoms with Gasteiger partial charge in [-0.1, -0.05) is 214 Å². The lowest BCUT2D eigenvalue weighted by Crippen LogP contribution is -2.05. The third kappa shape index (κ3) is 20.7. The first kappa shape index (κ1) is 52.9. The molecule has 1 aliphatic heterocycles. The summed E-state index contributed by atoms with van der Waals surface area (Å²) < 4.78 is 1.73. The molecule has 1 aliphatic rings. The molecule has 2 heteroatoms. The van der Waals surface area contributed by atoms with E-state index in [4.69, 9.17) is 0 Å². The molecule has 61 heavy (non-hydrogen) atoms. The third-order valence-electron chi connectivity index (χ3n) is 13.6. The average Bonchev–Trinajstić information content (AvgIpc) is 3.55. The van der Waals surface area contributed by atoms with Crippen LogP contribution in [0.3, 0.4) is 0 Å². The molecule has 0 saturated heterocycles. The van der Waals surface area contributed by atoms with Crippen molar-refractivity contribution < 1.29 is 4.70 Å². The summed E-state index contributed by atoms with van der Waals surface area (Å²) in [7, 11) is 0. The molecule has 0 N–H and O–H groups in total. The molecule has 0 saturated carbocycles. The van der Waals surface area contributed by atoms with Gasteiger partial charge in [0.1, 0.15) is 0 Å². The predicted molar refractivity (Wildman–Crippen MR) is 272 cm³/mol. The topological polar surface area (TPSA) is 25.3 Å². The zero-order valence-electron chi connectivity index (χ0n) is 41.5. The largest absolute Gasteiger partial charge is 0.493 e. The maximum atomic E-state index is 12.9.